The van der Waals surface area contributed by atoms with Gasteiger partial charge in [-0.3, -0.25) is 4.90 Å². The lowest BCUT2D eigenvalue weighted by molar-refractivity contribution is 0.148. The summed E-state index contributed by atoms with van der Waals surface area (Å²) in [6.45, 7) is 8.53. The fraction of sp³-hybridized carbons (Fsp3) is 1.00. The fourth-order valence-electron chi connectivity index (χ4n) is 3.01. The van der Waals surface area contributed by atoms with Gasteiger partial charge in [-0.05, 0) is 57.4 Å². The lowest BCUT2D eigenvalue weighted by Crippen LogP contribution is -2.40. The second kappa shape index (κ2) is 4.22. The van der Waals surface area contributed by atoms with E-state index in [1.54, 1.807) is 0 Å². The van der Waals surface area contributed by atoms with Gasteiger partial charge in [0.05, 0.1) is 0 Å². The zero-order chi connectivity index (χ0) is 10.1. The zero-order valence-electron chi connectivity index (χ0n) is 10.00. The van der Waals surface area contributed by atoms with E-state index in [2.05, 4.69) is 25.7 Å². The van der Waals surface area contributed by atoms with Crippen LogP contribution in [0.3, 0.4) is 0 Å². The Kier molecular flexibility index (Phi) is 3.16. The summed E-state index contributed by atoms with van der Waals surface area (Å²) in [6, 6.07) is 1.78. The first-order valence-corrected chi connectivity index (χ1v) is 6.44. The van der Waals surface area contributed by atoms with Gasteiger partial charge in [-0.2, -0.15) is 0 Å². The molecule has 82 valence electrons. The maximum atomic E-state index is 2.80. The van der Waals surface area contributed by atoms with Crippen molar-refractivity contribution < 1.29 is 0 Å². The molecule has 0 N–H and O–H groups in total. The maximum absolute atomic E-state index is 2.80. The van der Waals surface area contributed by atoms with Gasteiger partial charge in [0, 0.05) is 12.1 Å². The molecule has 1 heteroatoms. The molecule has 2 fully saturated rings. The summed E-state index contributed by atoms with van der Waals surface area (Å²) < 4.78 is 0. The number of nitrogens with zero attached hydrogens (tertiary/aromatic N) is 1. The predicted molar refractivity (Wildman–Crippen MR) is 61.4 cm³/mol. The highest BCUT2D eigenvalue weighted by Gasteiger charge is 2.38. The third-order valence-corrected chi connectivity index (χ3v) is 3.91. The van der Waals surface area contributed by atoms with Crippen LogP contribution in [0.4, 0.5) is 0 Å². The van der Waals surface area contributed by atoms with E-state index >= 15 is 0 Å². The van der Waals surface area contributed by atoms with Crippen LogP contribution >= 0.6 is 0 Å². The van der Waals surface area contributed by atoms with Crippen molar-refractivity contribution in [2.24, 2.45) is 11.8 Å². The number of hydrogen-bond acceptors (Lipinski definition) is 1. The highest BCUT2D eigenvalue weighted by Crippen LogP contribution is 2.40. The Hall–Kier alpha value is -0.0400. The van der Waals surface area contributed by atoms with E-state index in [-0.39, 0.29) is 0 Å². The summed E-state index contributed by atoms with van der Waals surface area (Å²) in [5.41, 5.74) is 0. The molecule has 1 saturated carbocycles. The first-order chi connectivity index (χ1) is 6.68. The van der Waals surface area contributed by atoms with Crippen molar-refractivity contribution in [1.29, 1.82) is 0 Å². The summed E-state index contributed by atoms with van der Waals surface area (Å²) in [4.78, 5) is 2.80. The Morgan fingerprint density at radius 2 is 1.93 bits per heavy atom. The average molecular weight is 195 g/mol. The van der Waals surface area contributed by atoms with E-state index in [0.717, 1.165) is 23.9 Å². The third kappa shape index (κ3) is 2.31. The summed E-state index contributed by atoms with van der Waals surface area (Å²) in [5, 5.41) is 0. The van der Waals surface area contributed by atoms with Crippen molar-refractivity contribution in [2.75, 3.05) is 6.54 Å². The van der Waals surface area contributed by atoms with Gasteiger partial charge in [-0.1, -0.05) is 13.8 Å². The Bertz CT molecular complexity index is 184. The Morgan fingerprint density at radius 1 is 1.21 bits per heavy atom. The van der Waals surface area contributed by atoms with Crippen LogP contribution in [0.2, 0.25) is 0 Å². The van der Waals surface area contributed by atoms with E-state index in [1.807, 2.05) is 0 Å². The van der Waals surface area contributed by atoms with E-state index in [9.17, 15) is 0 Å². The van der Waals surface area contributed by atoms with E-state index in [1.165, 1.54) is 38.6 Å². The number of rotatable bonds is 4. The lowest BCUT2D eigenvalue weighted by Gasteiger charge is -2.32. The van der Waals surface area contributed by atoms with E-state index in [4.69, 9.17) is 0 Å². The van der Waals surface area contributed by atoms with Gasteiger partial charge in [0.2, 0.25) is 0 Å². The molecule has 0 aromatic carbocycles. The van der Waals surface area contributed by atoms with Crippen LogP contribution in [0.1, 0.15) is 52.9 Å². The van der Waals surface area contributed by atoms with Gasteiger partial charge in [-0.25, -0.2) is 0 Å². The molecule has 1 heterocycles. The monoisotopic (exact) mass is 195 g/mol. The van der Waals surface area contributed by atoms with Crippen molar-refractivity contribution in [3.05, 3.63) is 0 Å². The van der Waals surface area contributed by atoms with Gasteiger partial charge < -0.3 is 0 Å². The van der Waals surface area contributed by atoms with Gasteiger partial charge in [0.25, 0.3) is 0 Å². The summed E-state index contributed by atoms with van der Waals surface area (Å²) in [5.74, 6) is 1.92. The molecule has 2 atom stereocenters. The first kappa shape index (κ1) is 10.5. The molecule has 1 saturated heterocycles. The van der Waals surface area contributed by atoms with Crippen molar-refractivity contribution in [2.45, 2.75) is 65.0 Å². The minimum Gasteiger partial charge on any atom is -0.297 e. The molecule has 2 unspecified atom stereocenters. The van der Waals surface area contributed by atoms with Crippen LogP contribution in [0.25, 0.3) is 0 Å². The summed E-state index contributed by atoms with van der Waals surface area (Å²) in [7, 11) is 0. The molecule has 2 aliphatic rings. The standard InChI is InChI=1S/C13H25N/c1-10(2)9-13(12-6-7-12)14-8-4-5-11(14)3/h10-13H,4-9H2,1-3H3. The highest BCUT2D eigenvalue weighted by atomic mass is 15.2. The number of likely N-dealkylation sites (tertiary alicyclic amines) is 1. The Morgan fingerprint density at radius 3 is 2.36 bits per heavy atom. The quantitative estimate of drug-likeness (QED) is 0.665. The molecular weight excluding hydrogens is 170 g/mol. The van der Waals surface area contributed by atoms with Crippen LogP contribution in [-0.4, -0.2) is 23.5 Å². The van der Waals surface area contributed by atoms with Gasteiger partial charge in [-0.15, -0.1) is 0 Å². The molecule has 1 aliphatic carbocycles. The largest absolute Gasteiger partial charge is 0.297 e. The molecule has 0 spiro atoms. The van der Waals surface area contributed by atoms with Crippen molar-refractivity contribution in [3.63, 3.8) is 0 Å². The zero-order valence-corrected chi connectivity index (χ0v) is 10.00. The van der Waals surface area contributed by atoms with Crippen molar-refractivity contribution in [3.8, 4) is 0 Å². The minimum atomic E-state index is 0.861. The topological polar surface area (TPSA) is 3.24 Å². The SMILES string of the molecule is CC(C)CC(C1CC1)N1CCCC1C. The fourth-order valence-corrected chi connectivity index (χ4v) is 3.01. The molecule has 0 amide bonds. The minimum absolute atomic E-state index is 0.861. The second-order valence-corrected chi connectivity index (χ2v) is 5.76. The maximum Gasteiger partial charge on any atom is 0.0129 e. The van der Waals surface area contributed by atoms with Crippen LogP contribution < -0.4 is 0 Å². The highest BCUT2D eigenvalue weighted by molar-refractivity contribution is 4.92. The smallest absolute Gasteiger partial charge is 0.0129 e. The molecule has 0 radical (unpaired) electrons. The molecule has 1 aliphatic heterocycles. The van der Waals surface area contributed by atoms with Crippen LogP contribution in [0.5, 0.6) is 0 Å². The van der Waals surface area contributed by atoms with E-state index < -0.39 is 0 Å². The third-order valence-electron chi connectivity index (χ3n) is 3.91. The second-order valence-electron chi connectivity index (χ2n) is 5.76. The van der Waals surface area contributed by atoms with Gasteiger partial charge in [0.15, 0.2) is 0 Å². The Balaban J connectivity index is 1.94. The van der Waals surface area contributed by atoms with Crippen LogP contribution in [-0.2, 0) is 0 Å². The summed E-state index contributed by atoms with van der Waals surface area (Å²) >= 11 is 0. The van der Waals surface area contributed by atoms with Crippen molar-refractivity contribution in [1.82, 2.24) is 4.90 Å². The predicted octanol–water partition coefficient (Wildman–Crippen LogP) is 3.30. The van der Waals surface area contributed by atoms with Gasteiger partial charge in [0.1, 0.15) is 0 Å². The molecule has 14 heavy (non-hydrogen) atoms. The van der Waals surface area contributed by atoms with E-state index in [0.29, 0.717) is 0 Å². The average Bonchev–Trinajstić information content (AvgIpc) is 2.86. The lowest BCUT2D eigenvalue weighted by atomic mass is 9.98. The van der Waals surface area contributed by atoms with Crippen LogP contribution in [0, 0.1) is 11.8 Å². The molecule has 0 aromatic rings. The summed E-state index contributed by atoms with van der Waals surface area (Å²) in [6.07, 6.45) is 7.29. The first-order valence-electron chi connectivity index (χ1n) is 6.44. The molecule has 0 aromatic heterocycles. The Labute approximate surface area is 88.9 Å². The molecule has 2 rings (SSSR count). The number of hydrogen-bond donors (Lipinski definition) is 0. The van der Waals surface area contributed by atoms with Crippen molar-refractivity contribution >= 4 is 0 Å². The normalized spacial score (nSPS) is 31.3. The van der Waals surface area contributed by atoms with Crippen LogP contribution in [0.15, 0.2) is 0 Å². The van der Waals surface area contributed by atoms with Gasteiger partial charge >= 0.3 is 0 Å². The molecular formula is C13H25N. The molecule has 0 bridgehead atoms. The molecule has 1 nitrogen and oxygen atoms in total.